The minimum atomic E-state index is -2.72. The molecule has 1 aromatic rings. The fraction of sp³-hybridized carbons (Fsp3) is 0.333. The molecule has 3 nitrogen and oxygen atoms in total. The maximum absolute atomic E-state index is 12.4. The molecule has 0 fully saturated rings. The summed E-state index contributed by atoms with van der Waals surface area (Å²) in [6.45, 7) is 0. The van der Waals surface area contributed by atoms with Crippen LogP contribution in [0, 0.1) is 0 Å². The molecule has 0 bridgehead atoms. The smallest absolute Gasteiger partial charge is 0.310 e. The summed E-state index contributed by atoms with van der Waals surface area (Å²) in [6, 6.07) is 1.34. The van der Waals surface area contributed by atoms with Crippen molar-refractivity contribution in [3.05, 3.63) is 26.9 Å². The van der Waals surface area contributed by atoms with Crippen molar-refractivity contribution in [2.45, 2.75) is 12.8 Å². The third-order valence-electron chi connectivity index (χ3n) is 1.80. The van der Waals surface area contributed by atoms with E-state index in [4.69, 9.17) is 11.6 Å². The minimum absolute atomic E-state index is 0.107. The summed E-state index contributed by atoms with van der Waals surface area (Å²) in [4.78, 5) is 14.5. The number of carbonyl (C=O) groups excluding carboxylic acids is 1. The summed E-state index contributed by atoms with van der Waals surface area (Å²) >= 11 is 8.61. The Bertz CT molecular complexity index is 415. The highest BCUT2D eigenvalue weighted by molar-refractivity contribution is 9.10. The van der Waals surface area contributed by atoms with Crippen LogP contribution in [0.15, 0.2) is 10.5 Å². The topological polar surface area (TPSA) is 39.2 Å². The van der Waals surface area contributed by atoms with Gasteiger partial charge in [-0.2, -0.15) is 0 Å². The number of esters is 1. The third-order valence-corrected chi connectivity index (χ3v) is 2.76. The van der Waals surface area contributed by atoms with Crippen molar-refractivity contribution in [2.75, 3.05) is 7.11 Å². The second kappa shape index (κ2) is 5.54. The Hall–Kier alpha value is -0.750. The first-order valence-electron chi connectivity index (χ1n) is 4.15. The van der Waals surface area contributed by atoms with Crippen LogP contribution >= 0.6 is 27.5 Å². The number of halogens is 4. The standard InChI is InChI=1S/C9H7BrClF2NO2/c1-16-6(15)3-4-2-5(10)7(9(12)13)14-8(4)11/h2,9H,3H2,1H3. The van der Waals surface area contributed by atoms with Gasteiger partial charge in [-0.15, -0.1) is 0 Å². The number of hydrogen-bond acceptors (Lipinski definition) is 3. The van der Waals surface area contributed by atoms with Gasteiger partial charge in [-0.25, -0.2) is 13.8 Å². The van der Waals surface area contributed by atoms with Crippen molar-refractivity contribution >= 4 is 33.5 Å². The second-order valence-corrected chi connectivity index (χ2v) is 4.07. The Morgan fingerprint density at radius 2 is 2.31 bits per heavy atom. The number of ether oxygens (including phenoxy) is 1. The summed E-state index contributed by atoms with van der Waals surface area (Å²) in [7, 11) is 1.23. The molecule has 0 unspecified atom stereocenters. The maximum Gasteiger partial charge on any atom is 0.310 e. The molecule has 0 aliphatic heterocycles. The van der Waals surface area contributed by atoms with Crippen LogP contribution in [0.4, 0.5) is 8.78 Å². The first-order chi connectivity index (χ1) is 7.45. The van der Waals surface area contributed by atoms with Gasteiger partial charge in [0, 0.05) is 10.0 Å². The van der Waals surface area contributed by atoms with E-state index >= 15 is 0 Å². The minimum Gasteiger partial charge on any atom is -0.469 e. The predicted octanol–water partition coefficient (Wildman–Crippen LogP) is 3.15. The zero-order chi connectivity index (χ0) is 12.3. The van der Waals surface area contributed by atoms with Crippen molar-refractivity contribution in [1.82, 2.24) is 4.98 Å². The van der Waals surface area contributed by atoms with Gasteiger partial charge in [0.05, 0.1) is 13.5 Å². The number of aromatic nitrogens is 1. The lowest BCUT2D eigenvalue weighted by atomic mass is 10.2. The number of carbonyl (C=O) groups is 1. The largest absolute Gasteiger partial charge is 0.469 e. The van der Waals surface area contributed by atoms with Crippen LogP contribution in [0.2, 0.25) is 5.15 Å². The molecule has 0 aromatic carbocycles. The van der Waals surface area contributed by atoms with E-state index in [2.05, 4.69) is 25.7 Å². The van der Waals surface area contributed by atoms with E-state index in [1.807, 2.05) is 0 Å². The Morgan fingerprint density at radius 3 is 2.81 bits per heavy atom. The van der Waals surface area contributed by atoms with Gasteiger partial charge in [-0.1, -0.05) is 11.6 Å². The molecule has 0 aliphatic carbocycles. The summed E-state index contributed by atoms with van der Waals surface area (Å²) < 4.78 is 29.4. The highest BCUT2D eigenvalue weighted by atomic mass is 79.9. The zero-order valence-electron chi connectivity index (χ0n) is 8.14. The number of methoxy groups -OCH3 is 1. The van der Waals surface area contributed by atoms with Crippen molar-refractivity contribution in [1.29, 1.82) is 0 Å². The average Bonchev–Trinajstić information content (AvgIpc) is 2.22. The summed E-state index contributed by atoms with van der Waals surface area (Å²) in [5.74, 6) is -0.514. The predicted molar refractivity (Wildman–Crippen MR) is 57.6 cm³/mol. The van der Waals surface area contributed by atoms with Gasteiger partial charge in [0.2, 0.25) is 0 Å². The van der Waals surface area contributed by atoms with E-state index in [1.54, 1.807) is 0 Å². The molecule has 0 saturated heterocycles. The van der Waals surface area contributed by atoms with E-state index < -0.39 is 18.1 Å². The van der Waals surface area contributed by atoms with Gasteiger partial charge >= 0.3 is 5.97 Å². The molecule has 7 heteroatoms. The number of alkyl halides is 2. The first-order valence-corrected chi connectivity index (χ1v) is 5.32. The molecule has 0 aliphatic rings. The fourth-order valence-electron chi connectivity index (χ4n) is 1.02. The molecule has 0 radical (unpaired) electrons. The lowest BCUT2D eigenvalue weighted by Crippen LogP contribution is -2.06. The molecule has 1 rings (SSSR count). The van der Waals surface area contributed by atoms with Crippen LogP contribution in [0.25, 0.3) is 0 Å². The molecule has 0 atom stereocenters. The summed E-state index contributed by atoms with van der Waals surface area (Å²) in [5.41, 5.74) is -0.108. The third kappa shape index (κ3) is 3.12. The van der Waals surface area contributed by atoms with Crippen LogP contribution in [0.5, 0.6) is 0 Å². The van der Waals surface area contributed by atoms with Crippen molar-refractivity contribution in [2.24, 2.45) is 0 Å². The van der Waals surface area contributed by atoms with E-state index in [9.17, 15) is 13.6 Å². The van der Waals surface area contributed by atoms with E-state index in [-0.39, 0.29) is 16.0 Å². The molecule has 16 heavy (non-hydrogen) atoms. The highest BCUT2D eigenvalue weighted by Crippen LogP contribution is 2.29. The molecule has 1 heterocycles. The fourth-order valence-corrected chi connectivity index (χ4v) is 1.77. The van der Waals surface area contributed by atoms with Gasteiger partial charge in [-0.3, -0.25) is 4.79 Å². The zero-order valence-corrected chi connectivity index (χ0v) is 10.5. The molecule has 88 valence electrons. The van der Waals surface area contributed by atoms with Crippen molar-refractivity contribution in [3.8, 4) is 0 Å². The van der Waals surface area contributed by atoms with Gasteiger partial charge < -0.3 is 4.74 Å². The second-order valence-electron chi connectivity index (χ2n) is 2.86. The first kappa shape index (κ1) is 13.3. The van der Waals surface area contributed by atoms with Gasteiger partial charge in [0.15, 0.2) is 0 Å². The van der Waals surface area contributed by atoms with Crippen molar-refractivity contribution in [3.63, 3.8) is 0 Å². The van der Waals surface area contributed by atoms with Crippen LogP contribution in [0.3, 0.4) is 0 Å². The summed E-state index contributed by atoms with van der Waals surface area (Å²) in [5, 5.41) is -0.121. The van der Waals surface area contributed by atoms with Crippen molar-refractivity contribution < 1.29 is 18.3 Å². The quantitative estimate of drug-likeness (QED) is 0.635. The monoisotopic (exact) mass is 313 g/mol. The Kier molecular flexibility index (Phi) is 4.61. The number of nitrogens with zero attached hydrogens (tertiary/aromatic N) is 1. The van der Waals surface area contributed by atoms with Crippen LogP contribution < -0.4 is 0 Å². The highest BCUT2D eigenvalue weighted by Gasteiger charge is 2.18. The van der Waals surface area contributed by atoms with Crippen LogP contribution in [-0.4, -0.2) is 18.1 Å². The van der Waals surface area contributed by atoms with Crippen LogP contribution in [0.1, 0.15) is 17.7 Å². The Balaban J connectivity index is 3.05. The normalized spacial score (nSPS) is 10.6. The Morgan fingerprint density at radius 1 is 1.69 bits per heavy atom. The molecule has 0 spiro atoms. The van der Waals surface area contributed by atoms with Gasteiger partial charge in [0.25, 0.3) is 6.43 Å². The van der Waals surface area contributed by atoms with Gasteiger partial charge in [-0.05, 0) is 22.0 Å². The molecule has 1 aromatic heterocycles. The molecule has 0 N–H and O–H groups in total. The average molecular weight is 315 g/mol. The number of pyridine rings is 1. The van der Waals surface area contributed by atoms with E-state index in [1.165, 1.54) is 13.2 Å². The van der Waals surface area contributed by atoms with E-state index in [0.29, 0.717) is 5.56 Å². The van der Waals surface area contributed by atoms with E-state index in [0.717, 1.165) is 0 Å². The summed E-state index contributed by atoms with van der Waals surface area (Å²) in [6.07, 6.45) is -2.83. The SMILES string of the molecule is COC(=O)Cc1cc(Br)c(C(F)F)nc1Cl. The molecule has 0 amide bonds. The lowest BCUT2D eigenvalue weighted by molar-refractivity contribution is -0.139. The molecular formula is C9H7BrClF2NO2. The van der Waals surface area contributed by atoms with Gasteiger partial charge in [0.1, 0.15) is 10.8 Å². The molecule has 0 saturated carbocycles. The lowest BCUT2D eigenvalue weighted by Gasteiger charge is -2.07. The maximum atomic E-state index is 12.4. The number of rotatable bonds is 3. The van der Waals surface area contributed by atoms with Crippen LogP contribution in [-0.2, 0) is 16.0 Å². The number of hydrogen-bond donors (Lipinski definition) is 0. The Labute approximate surface area is 104 Å². The molecular weight excluding hydrogens is 307 g/mol.